The standard InChI is InChI=1S/C9H7Si.Na/c10-9-6-5-7-3-1-2-4-8(7)9;/h1-6,9H;. The van der Waals surface area contributed by atoms with Gasteiger partial charge in [-0.3, -0.25) is 0 Å². The second-order valence-electron chi connectivity index (χ2n) is 2.47. The topological polar surface area (TPSA) is 0 Å². The molecule has 0 bridgehead atoms. The summed E-state index contributed by atoms with van der Waals surface area (Å²) in [7, 11) is 3.60. The van der Waals surface area contributed by atoms with E-state index in [9.17, 15) is 0 Å². The van der Waals surface area contributed by atoms with E-state index in [1.165, 1.54) is 11.1 Å². The molecule has 0 aromatic heterocycles. The Morgan fingerprint density at radius 3 is 2.64 bits per heavy atom. The van der Waals surface area contributed by atoms with Gasteiger partial charge in [0.05, 0.1) is 0 Å². The van der Waals surface area contributed by atoms with E-state index in [0.717, 1.165) is 0 Å². The summed E-state index contributed by atoms with van der Waals surface area (Å²) in [6.45, 7) is 0. The van der Waals surface area contributed by atoms with Crippen LogP contribution in [0.25, 0.3) is 6.08 Å². The molecule has 0 aliphatic heterocycles. The van der Waals surface area contributed by atoms with Crippen LogP contribution in [0.3, 0.4) is 0 Å². The quantitative estimate of drug-likeness (QED) is 0.513. The molecule has 0 nitrogen and oxygen atoms in total. The van der Waals surface area contributed by atoms with Gasteiger partial charge in [-0.1, -0.05) is 36.4 Å². The van der Waals surface area contributed by atoms with E-state index in [0.29, 0.717) is 5.54 Å². The number of rotatable bonds is 0. The van der Waals surface area contributed by atoms with Gasteiger partial charge >= 0.3 is 0 Å². The number of hydrogen-bond donors (Lipinski definition) is 0. The van der Waals surface area contributed by atoms with Gasteiger partial charge in [-0.25, -0.2) is 0 Å². The van der Waals surface area contributed by atoms with Crippen molar-refractivity contribution in [2.45, 2.75) is 5.54 Å². The van der Waals surface area contributed by atoms with E-state index in [1.807, 2.05) is 0 Å². The first kappa shape index (κ1) is 9.27. The molecule has 1 unspecified atom stereocenters. The molecule has 11 heavy (non-hydrogen) atoms. The van der Waals surface area contributed by atoms with Crippen LogP contribution in [0.15, 0.2) is 30.3 Å². The summed E-state index contributed by atoms with van der Waals surface area (Å²) in [6.07, 6.45) is 4.30. The first-order valence-corrected chi connectivity index (χ1v) is 3.94. The Hall–Kier alpha value is 0.177. The van der Waals surface area contributed by atoms with Gasteiger partial charge in [-0.2, -0.15) is 0 Å². The Morgan fingerprint density at radius 2 is 1.91 bits per heavy atom. The molecule has 4 radical (unpaired) electrons. The van der Waals surface area contributed by atoms with E-state index in [1.54, 1.807) is 0 Å². The van der Waals surface area contributed by atoms with E-state index in [4.69, 9.17) is 0 Å². The van der Waals surface area contributed by atoms with Gasteiger partial charge < -0.3 is 0 Å². The van der Waals surface area contributed by atoms with Gasteiger partial charge in [0, 0.05) is 39.8 Å². The summed E-state index contributed by atoms with van der Waals surface area (Å²) in [6, 6.07) is 8.41. The zero-order chi connectivity index (χ0) is 6.97. The Labute approximate surface area is 92.4 Å². The zero-order valence-electron chi connectivity index (χ0n) is 6.54. The van der Waals surface area contributed by atoms with Gasteiger partial charge in [0.25, 0.3) is 0 Å². The second kappa shape index (κ2) is 3.72. The van der Waals surface area contributed by atoms with Gasteiger partial charge in [-0.05, 0) is 16.7 Å². The predicted molar refractivity (Wildman–Crippen MR) is 49.7 cm³/mol. The Balaban J connectivity index is 0.000000605. The van der Waals surface area contributed by atoms with Crippen LogP contribution < -0.4 is 0 Å². The van der Waals surface area contributed by atoms with Crippen molar-refractivity contribution in [3.63, 3.8) is 0 Å². The van der Waals surface area contributed by atoms with Crippen LogP contribution in [-0.2, 0) is 0 Å². The van der Waals surface area contributed by atoms with Crippen molar-refractivity contribution in [1.82, 2.24) is 0 Å². The van der Waals surface area contributed by atoms with Crippen LogP contribution in [0.4, 0.5) is 0 Å². The minimum atomic E-state index is 0. The molecular weight excluding hydrogens is 159 g/mol. The largest absolute Gasteiger partial charge is 0.0800 e. The SMILES string of the molecule is [Na].[Si]C1C=Cc2ccccc21. The molecule has 0 amide bonds. The summed E-state index contributed by atoms with van der Waals surface area (Å²) < 4.78 is 0. The molecule has 1 aliphatic rings. The first-order chi connectivity index (χ1) is 4.88. The summed E-state index contributed by atoms with van der Waals surface area (Å²) in [5.74, 6) is 0. The van der Waals surface area contributed by atoms with Gasteiger partial charge in [0.1, 0.15) is 0 Å². The predicted octanol–water partition coefficient (Wildman–Crippen LogP) is 1.54. The van der Waals surface area contributed by atoms with E-state index < -0.39 is 0 Å². The van der Waals surface area contributed by atoms with E-state index >= 15 is 0 Å². The maximum Gasteiger partial charge on any atom is 0.0388 e. The van der Waals surface area contributed by atoms with Crippen LogP contribution in [0.1, 0.15) is 16.7 Å². The van der Waals surface area contributed by atoms with Crippen molar-refractivity contribution in [3.05, 3.63) is 41.5 Å². The number of hydrogen-bond acceptors (Lipinski definition) is 0. The third-order valence-electron chi connectivity index (χ3n) is 1.80. The van der Waals surface area contributed by atoms with E-state index in [-0.39, 0.29) is 29.6 Å². The maximum absolute atomic E-state index is 3.60. The summed E-state index contributed by atoms with van der Waals surface area (Å²) >= 11 is 0. The van der Waals surface area contributed by atoms with Crippen molar-refractivity contribution < 1.29 is 0 Å². The molecule has 0 N–H and O–H groups in total. The Bertz CT molecular complexity index is 281. The van der Waals surface area contributed by atoms with Gasteiger partial charge in [-0.15, -0.1) is 0 Å². The molecule has 1 aromatic rings. The molecule has 1 aromatic carbocycles. The molecular formula is C9H7NaSi. The van der Waals surface area contributed by atoms with Crippen molar-refractivity contribution in [2.24, 2.45) is 0 Å². The fourth-order valence-corrected chi connectivity index (χ4v) is 1.61. The van der Waals surface area contributed by atoms with Crippen LogP contribution in [0, 0.1) is 0 Å². The maximum atomic E-state index is 3.60. The minimum Gasteiger partial charge on any atom is -0.0800 e. The molecule has 1 aliphatic carbocycles. The summed E-state index contributed by atoms with van der Waals surface area (Å²) in [5, 5.41) is 0. The zero-order valence-corrected chi connectivity index (χ0v) is 9.54. The first-order valence-electron chi connectivity index (χ1n) is 3.36. The Kier molecular flexibility index (Phi) is 3.13. The normalized spacial score (nSPS) is 19.2. The van der Waals surface area contributed by atoms with Crippen molar-refractivity contribution in [1.29, 1.82) is 0 Å². The molecule has 2 heteroatoms. The van der Waals surface area contributed by atoms with Crippen LogP contribution in [-0.4, -0.2) is 39.8 Å². The third kappa shape index (κ3) is 1.67. The number of benzene rings is 1. The molecule has 0 fully saturated rings. The smallest absolute Gasteiger partial charge is 0.0388 e. The molecule has 2 rings (SSSR count). The molecule has 0 saturated heterocycles. The fourth-order valence-electron chi connectivity index (χ4n) is 1.25. The molecule has 0 heterocycles. The number of allylic oxidation sites excluding steroid dienone is 1. The van der Waals surface area contributed by atoms with Crippen molar-refractivity contribution >= 4 is 45.9 Å². The average Bonchev–Trinajstić information content (AvgIpc) is 2.34. The van der Waals surface area contributed by atoms with E-state index in [2.05, 4.69) is 46.7 Å². The van der Waals surface area contributed by atoms with Crippen LogP contribution in [0.5, 0.6) is 0 Å². The monoisotopic (exact) mass is 166 g/mol. The minimum absolute atomic E-state index is 0. The molecule has 1 atom stereocenters. The third-order valence-corrected chi connectivity index (χ3v) is 2.30. The van der Waals surface area contributed by atoms with Crippen molar-refractivity contribution in [3.8, 4) is 0 Å². The molecule has 0 saturated carbocycles. The Morgan fingerprint density at radius 1 is 1.18 bits per heavy atom. The number of fused-ring (bicyclic) bond motifs is 1. The summed E-state index contributed by atoms with van der Waals surface area (Å²) in [5.41, 5.74) is 3.14. The molecule has 48 valence electrons. The average molecular weight is 166 g/mol. The van der Waals surface area contributed by atoms with Crippen molar-refractivity contribution in [2.75, 3.05) is 0 Å². The van der Waals surface area contributed by atoms with Crippen LogP contribution in [0.2, 0.25) is 0 Å². The summed E-state index contributed by atoms with van der Waals surface area (Å²) in [4.78, 5) is 0. The second-order valence-corrected chi connectivity index (χ2v) is 3.09. The van der Waals surface area contributed by atoms with Gasteiger partial charge in [0.2, 0.25) is 0 Å². The van der Waals surface area contributed by atoms with Crippen LogP contribution >= 0.6 is 0 Å². The molecule has 0 spiro atoms. The fraction of sp³-hybridized carbons (Fsp3) is 0.111. The van der Waals surface area contributed by atoms with Gasteiger partial charge in [0.15, 0.2) is 0 Å².